The van der Waals surface area contributed by atoms with Gasteiger partial charge in [0.15, 0.2) is 5.82 Å². The zero-order chi connectivity index (χ0) is 17.5. The number of hydrogen-bond acceptors (Lipinski definition) is 5. The molecule has 130 valence electrons. The third kappa shape index (κ3) is 3.17. The lowest BCUT2D eigenvalue weighted by molar-refractivity contribution is -0.0154. The molecule has 1 amide bonds. The summed E-state index contributed by atoms with van der Waals surface area (Å²) >= 11 is 5.83. The molecule has 3 heterocycles. The molecule has 7 heteroatoms. The summed E-state index contributed by atoms with van der Waals surface area (Å²) in [5.74, 6) is -0.0233. The fraction of sp³-hybridized carbons (Fsp3) is 0.647. The highest BCUT2D eigenvalue weighted by molar-refractivity contribution is 6.28. The van der Waals surface area contributed by atoms with E-state index < -0.39 is 5.91 Å². The van der Waals surface area contributed by atoms with E-state index in [2.05, 4.69) is 40.6 Å². The van der Waals surface area contributed by atoms with Crippen LogP contribution in [0.4, 0.5) is 5.82 Å². The number of aliphatic imine (C=N–C) groups is 1. The molecule has 3 rings (SSSR count). The van der Waals surface area contributed by atoms with Crippen molar-refractivity contribution in [2.75, 3.05) is 6.54 Å². The Labute approximate surface area is 147 Å². The summed E-state index contributed by atoms with van der Waals surface area (Å²) in [6.45, 7) is 8.11. The van der Waals surface area contributed by atoms with Gasteiger partial charge in [0.1, 0.15) is 5.56 Å². The smallest absolute Gasteiger partial charge is 0.254 e. The molecule has 2 N–H and O–H groups in total. The third-order valence-electron chi connectivity index (χ3n) is 5.36. The molecule has 1 unspecified atom stereocenters. The van der Waals surface area contributed by atoms with Crippen molar-refractivity contribution in [2.45, 2.75) is 57.5 Å². The molecular weight excluding hydrogens is 326 g/mol. The Morgan fingerprint density at radius 3 is 2.92 bits per heavy atom. The van der Waals surface area contributed by atoms with Crippen molar-refractivity contribution in [1.29, 1.82) is 0 Å². The molecule has 2 atom stereocenters. The van der Waals surface area contributed by atoms with Gasteiger partial charge in [-0.25, -0.2) is 9.98 Å². The Morgan fingerprint density at radius 2 is 2.21 bits per heavy atom. The minimum absolute atomic E-state index is 0.0602. The molecule has 0 radical (unpaired) electrons. The SMILES string of the molecule is CC1(C)CC(C=Nc2nc(Cl)ncc2C(N)=O)C[C@]2(C)CCCN12. The highest BCUT2D eigenvalue weighted by Gasteiger charge is 2.49. The van der Waals surface area contributed by atoms with Gasteiger partial charge in [-0.15, -0.1) is 0 Å². The summed E-state index contributed by atoms with van der Waals surface area (Å²) in [5.41, 5.74) is 5.91. The molecule has 2 aliphatic heterocycles. The average Bonchev–Trinajstić information content (AvgIpc) is 2.87. The van der Waals surface area contributed by atoms with Gasteiger partial charge in [-0.05, 0) is 70.5 Å². The van der Waals surface area contributed by atoms with Crippen LogP contribution < -0.4 is 5.73 Å². The Bertz CT molecular complexity index is 690. The number of amides is 1. The number of hydrogen-bond donors (Lipinski definition) is 1. The van der Waals surface area contributed by atoms with Gasteiger partial charge >= 0.3 is 0 Å². The number of carbonyl (C=O) groups is 1. The molecule has 1 aromatic heterocycles. The fourth-order valence-electron chi connectivity index (χ4n) is 4.56. The van der Waals surface area contributed by atoms with Crippen LogP contribution in [0.5, 0.6) is 0 Å². The van der Waals surface area contributed by atoms with Crippen molar-refractivity contribution in [3.05, 3.63) is 17.0 Å². The van der Waals surface area contributed by atoms with Crippen LogP contribution in [0.3, 0.4) is 0 Å². The first kappa shape index (κ1) is 17.3. The van der Waals surface area contributed by atoms with E-state index in [0.29, 0.717) is 5.92 Å². The fourth-order valence-corrected chi connectivity index (χ4v) is 4.69. The number of piperidine rings is 1. The number of primary amides is 1. The first-order chi connectivity index (χ1) is 11.2. The maximum atomic E-state index is 11.5. The second kappa shape index (κ2) is 6.08. The molecule has 2 saturated heterocycles. The van der Waals surface area contributed by atoms with Crippen molar-refractivity contribution in [2.24, 2.45) is 16.6 Å². The highest BCUT2D eigenvalue weighted by atomic mass is 35.5. The van der Waals surface area contributed by atoms with Gasteiger partial charge in [-0.3, -0.25) is 9.69 Å². The van der Waals surface area contributed by atoms with Crippen molar-refractivity contribution in [3.63, 3.8) is 0 Å². The van der Waals surface area contributed by atoms with Crippen molar-refractivity contribution in [3.8, 4) is 0 Å². The molecule has 24 heavy (non-hydrogen) atoms. The van der Waals surface area contributed by atoms with Crippen LogP contribution >= 0.6 is 11.6 Å². The number of nitrogens with zero attached hydrogens (tertiary/aromatic N) is 4. The van der Waals surface area contributed by atoms with Crippen molar-refractivity contribution >= 4 is 29.5 Å². The van der Waals surface area contributed by atoms with Gasteiger partial charge in [0.25, 0.3) is 5.91 Å². The Hall–Kier alpha value is -1.53. The molecule has 2 aliphatic rings. The lowest BCUT2D eigenvalue weighted by Gasteiger charge is -2.52. The van der Waals surface area contributed by atoms with Crippen molar-refractivity contribution in [1.82, 2.24) is 14.9 Å². The molecule has 0 aliphatic carbocycles. The number of halogens is 1. The van der Waals surface area contributed by atoms with Crippen LogP contribution in [0.2, 0.25) is 5.28 Å². The van der Waals surface area contributed by atoms with Crippen LogP contribution in [0, 0.1) is 5.92 Å². The maximum Gasteiger partial charge on any atom is 0.254 e. The minimum Gasteiger partial charge on any atom is -0.365 e. The first-order valence-corrected chi connectivity index (χ1v) is 8.73. The first-order valence-electron chi connectivity index (χ1n) is 8.36. The van der Waals surface area contributed by atoms with Crippen LogP contribution in [-0.2, 0) is 0 Å². The quantitative estimate of drug-likeness (QED) is 0.671. The van der Waals surface area contributed by atoms with Crippen LogP contribution in [0.1, 0.15) is 56.8 Å². The summed E-state index contributed by atoms with van der Waals surface area (Å²) in [7, 11) is 0. The van der Waals surface area contributed by atoms with Crippen molar-refractivity contribution < 1.29 is 4.79 Å². The summed E-state index contributed by atoms with van der Waals surface area (Å²) in [6, 6.07) is 0. The number of rotatable bonds is 3. The van der Waals surface area contributed by atoms with E-state index in [9.17, 15) is 4.79 Å². The van der Waals surface area contributed by atoms with Crippen LogP contribution in [0.25, 0.3) is 0 Å². The Kier molecular flexibility index (Phi) is 4.38. The summed E-state index contributed by atoms with van der Waals surface area (Å²) in [5, 5.41) is 0.0602. The molecular formula is C17H24ClN5O. The number of aromatic nitrogens is 2. The third-order valence-corrected chi connectivity index (χ3v) is 5.54. The molecule has 0 bridgehead atoms. The van der Waals surface area contributed by atoms with Gasteiger partial charge < -0.3 is 5.73 Å². The molecule has 0 spiro atoms. The van der Waals surface area contributed by atoms with Crippen LogP contribution in [0.15, 0.2) is 11.2 Å². The Balaban J connectivity index is 1.85. The normalized spacial score (nSPS) is 29.8. The minimum atomic E-state index is -0.600. The molecule has 0 aromatic carbocycles. The number of nitrogens with two attached hydrogens (primary N) is 1. The summed E-state index contributed by atoms with van der Waals surface area (Å²) in [6.07, 6.45) is 7.79. The topological polar surface area (TPSA) is 84.5 Å². The van der Waals surface area contributed by atoms with E-state index in [1.54, 1.807) is 0 Å². The second-order valence-electron chi connectivity index (χ2n) is 7.75. The second-order valence-corrected chi connectivity index (χ2v) is 8.09. The maximum absolute atomic E-state index is 11.5. The largest absolute Gasteiger partial charge is 0.365 e. The highest BCUT2D eigenvalue weighted by Crippen LogP contribution is 2.46. The molecule has 2 fully saturated rings. The van der Waals surface area contributed by atoms with E-state index >= 15 is 0 Å². The van der Waals surface area contributed by atoms with E-state index in [-0.39, 0.29) is 27.7 Å². The predicted octanol–water partition coefficient (Wildman–Crippen LogP) is 2.97. The number of carbonyl (C=O) groups excluding carboxylic acids is 1. The average molecular weight is 350 g/mol. The van der Waals surface area contributed by atoms with Gasteiger partial charge in [0, 0.05) is 23.5 Å². The van der Waals surface area contributed by atoms with Gasteiger partial charge in [-0.1, -0.05) is 0 Å². The standard InChI is InChI=1S/C17H24ClN5O/c1-16(2)7-11(8-17(3)5-4-6-23(16)17)9-20-14-12(13(19)24)10-21-15(18)22-14/h9-11H,4-8H2,1-3H3,(H2,19,24)/t11?,17-/m0/s1. The summed E-state index contributed by atoms with van der Waals surface area (Å²) < 4.78 is 0. The molecule has 6 nitrogen and oxygen atoms in total. The number of fused-ring (bicyclic) bond motifs is 1. The van der Waals surface area contributed by atoms with E-state index in [0.717, 1.165) is 12.8 Å². The van der Waals surface area contributed by atoms with Gasteiger partial charge in [0.2, 0.25) is 5.28 Å². The lowest BCUT2D eigenvalue weighted by Crippen LogP contribution is -2.58. The zero-order valence-electron chi connectivity index (χ0n) is 14.4. The lowest BCUT2D eigenvalue weighted by atomic mass is 9.74. The molecule has 0 saturated carbocycles. The van der Waals surface area contributed by atoms with Gasteiger partial charge in [0.05, 0.1) is 0 Å². The van der Waals surface area contributed by atoms with Gasteiger partial charge in [-0.2, -0.15) is 4.98 Å². The van der Waals surface area contributed by atoms with Crippen LogP contribution in [-0.4, -0.2) is 44.6 Å². The predicted molar refractivity (Wildman–Crippen MR) is 94.9 cm³/mol. The molecule has 1 aromatic rings. The van der Waals surface area contributed by atoms with E-state index in [4.69, 9.17) is 17.3 Å². The Morgan fingerprint density at radius 1 is 1.46 bits per heavy atom. The van der Waals surface area contributed by atoms with E-state index in [1.807, 2.05) is 6.21 Å². The monoisotopic (exact) mass is 349 g/mol. The summed E-state index contributed by atoms with van der Waals surface area (Å²) in [4.78, 5) is 26.4. The van der Waals surface area contributed by atoms with E-state index in [1.165, 1.54) is 25.6 Å². The zero-order valence-corrected chi connectivity index (χ0v) is 15.2.